The van der Waals surface area contributed by atoms with E-state index in [0.717, 1.165) is 51.9 Å². The summed E-state index contributed by atoms with van der Waals surface area (Å²) in [5, 5.41) is 5.85. The molecule has 114 valence electrons. The van der Waals surface area contributed by atoms with Crippen molar-refractivity contribution in [2.75, 3.05) is 26.2 Å². The first-order chi connectivity index (χ1) is 9.59. The fourth-order valence-electron chi connectivity index (χ4n) is 2.24. The van der Waals surface area contributed by atoms with E-state index in [9.17, 15) is 9.59 Å². The molecule has 2 aliphatic rings. The molecule has 2 saturated heterocycles. The zero-order valence-electron chi connectivity index (χ0n) is 12.5. The maximum absolute atomic E-state index is 11.5. The Balaban J connectivity index is 1.35. The Kier molecular flexibility index (Phi) is 5.09. The molecular weight excluding hydrogens is 256 g/mol. The van der Waals surface area contributed by atoms with Crippen LogP contribution in [0.1, 0.15) is 39.5 Å². The molecule has 0 aliphatic carbocycles. The first-order valence-electron chi connectivity index (χ1n) is 7.68. The van der Waals surface area contributed by atoms with Crippen LogP contribution in [0.3, 0.4) is 0 Å². The van der Waals surface area contributed by atoms with E-state index in [1.807, 2.05) is 23.6 Å². The SMILES string of the molecule is C[C@@H]1CN1C(=O)NCCCCCCNC(=O)N1C[C@@H]1C. The van der Waals surface area contributed by atoms with Gasteiger partial charge < -0.3 is 20.4 Å². The van der Waals surface area contributed by atoms with Gasteiger partial charge in [0.25, 0.3) is 0 Å². The standard InChI is InChI=1S/C14H26N4O2/c1-11-9-17(11)13(19)15-7-5-3-4-6-8-16-14(20)18-10-12(18)2/h11-12H,3-10H2,1-2H3,(H,15,19)(H,16,20)/t11-,12+,17?,18?. The van der Waals surface area contributed by atoms with Gasteiger partial charge in [0, 0.05) is 38.3 Å². The Morgan fingerprint density at radius 2 is 1.20 bits per heavy atom. The maximum atomic E-state index is 11.5. The minimum atomic E-state index is 0.0670. The van der Waals surface area contributed by atoms with Crippen LogP contribution >= 0.6 is 0 Å². The van der Waals surface area contributed by atoms with E-state index in [0.29, 0.717) is 12.1 Å². The molecule has 0 aromatic rings. The van der Waals surface area contributed by atoms with Crippen molar-refractivity contribution >= 4 is 12.1 Å². The Bertz CT molecular complexity index is 327. The second-order valence-electron chi connectivity index (χ2n) is 5.88. The summed E-state index contributed by atoms with van der Waals surface area (Å²) < 4.78 is 0. The molecule has 0 unspecified atom stereocenters. The fraction of sp³-hybridized carbons (Fsp3) is 0.857. The summed E-state index contributed by atoms with van der Waals surface area (Å²) in [6, 6.07) is 0.974. The van der Waals surface area contributed by atoms with Crippen LogP contribution in [0.2, 0.25) is 0 Å². The minimum Gasteiger partial charge on any atom is -0.338 e. The van der Waals surface area contributed by atoms with Crippen molar-refractivity contribution in [1.82, 2.24) is 20.4 Å². The Labute approximate surface area is 120 Å². The third kappa shape index (κ3) is 4.58. The quantitative estimate of drug-likeness (QED) is 0.547. The van der Waals surface area contributed by atoms with Gasteiger partial charge in [-0.2, -0.15) is 0 Å². The predicted octanol–water partition coefficient (Wildman–Crippen LogP) is 1.37. The van der Waals surface area contributed by atoms with Gasteiger partial charge in [-0.25, -0.2) is 9.59 Å². The Morgan fingerprint density at radius 1 is 0.850 bits per heavy atom. The van der Waals surface area contributed by atoms with Crippen LogP contribution in [0.15, 0.2) is 0 Å². The van der Waals surface area contributed by atoms with E-state index in [2.05, 4.69) is 10.6 Å². The van der Waals surface area contributed by atoms with E-state index in [1.165, 1.54) is 0 Å². The maximum Gasteiger partial charge on any atom is 0.317 e. The average Bonchev–Trinajstić information content (AvgIpc) is 3.31. The lowest BCUT2D eigenvalue weighted by molar-refractivity contribution is 0.226. The van der Waals surface area contributed by atoms with Crippen molar-refractivity contribution in [3.05, 3.63) is 0 Å². The molecule has 0 aromatic heterocycles. The average molecular weight is 282 g/mol. The highest BCUT2D eigenvalue weighted by Gasteiger charge is 2.34. The van der Waals surface area contributed by atoms with E-state index in [-0.39, 0.29) is 12.1 Å². The van der Waals surface area contributed by atoms with Crippen molar-refractivity contribution < 1.29 is 9.59 Å². The first-order valence-corrected chi connectivity index (χ1v) is 7.68. The summed E-state index contributed by atoms with van der Waals surface area (Å²) >= 11 is 0. The molecule has 0 aromatic carbocycles. The number of amides is 4. The summed E-state index contributed by atoms with van der Waals surface area (Å²) in [4.78, 5) is 26.6. The van der Waals surface area contributed by atoms with Crippen LogP contribution in [-0.2, 0) is 0 Å². The predicted molar refractivity (Wildman–Crippen MR) is 77.6 cm³/mol. The van der Waals surface area contributed by atoms with Crippen molar-refractivity contribution in [1.29, 1.82) is 0 Å². The number of carbonyl (C=O) groups is 2. The van der Waals surface area contributed by atoms with Crippen LogP contribution in [-0.4, -0.2) is 60.1 Å². The zero-order chi connectivity index (χ0) is 14.5. The molecule has 6 nitrogen and oxygen atoms in total. The minimum absolute atomic E-state index is 0.0670. The summed E-state index contributed by atoms with van der Waals surface area (Å²) in [5.41, 5.74) is 0. The molecule has 0 saturated carbocycles. The molecule has 0 spiro atoms. The van der Waals surface area contributed by atoms with Gasteiger partial charge in [0.1, 0.15) is 0 Å². The van der Waals surface area contributed by atoms with Crippen molar-refractivity contribution in [3.8, 4) is 0 Å². The normalized spacial score (nSPS) is 23.5. The number of carbonyl (C=O) groups excluding carboxylic acids is 2. The third-order valence-corrected chi connectivity index (χ3v) is 3.90. The number of urea groups is 2. The molecule has 4 amide bonds. The van der Waals surface area contributed by atoms with Crippen molar-refractivity contribution in [2.24, 2.45) is 0 Å². The van der Waals surface area contributed by atoms with Crippen LogP contribution in [0.5, 0.6) is 0 Å². The van der Waals surface area contributed by atoms with E-state index >= 15 is 0 Å². The highest BCUT2D eigenvalue weighted by atomic mass is 16.2. The van der Waals surface area contributed by atoms with Gasteiger partial charge in [0.15, 0.2) is 0 Å². The zero-order valence-corrected chi connectivity index (χ0v) is 12.5. The molecule has 2 fully saturated rings. The van der Waals surface area contributed by atoms with Gasteiger partial charge >= 0.3 is 12.1 Å². The van der Waals surface area contributed by atoms with Crippen LogP contribution < -0.4 is 10.6 Å². The number of nitrogens with one attached hydrogen (secondary N) is 2. The van der Waals surface area contributed by atoms with Gasteiger partial charge in [-0.05, 0) is 26.7 Å². The molecule has 2 N–H and O–H groups in total. The summed E-state index contributed by atoms with van der Waals surface area (Å²) in [5.74, 6) is 0. The number of hydrogen-bond acceptors (Lipinski definition) is 2. The van der Waals surface area contributed by atoms with Crippen molar-refractivity contribution in [3.63, 3.8) is 0 Å². The number of unbranched alkanes of at least 4 members (excludes halogenated alkanes) is 3. The monoisotopic (exact) mass is 282 g/mol. The molecule has 2 aliphatic heterocycles. The second kappa shape index (κ2) is 6.81. The number of rotatable bonds is 7. The highest BCUT2D eigenvalue weighted by molar-refractivity contribution is 5.77. The third-order valence-electron chi connectivity index (χ3n) is 3.90. The topological polar surface area (TPSA) is 64.2 Å². The molecular formula is C14H26N4O2. The molecule has 0 radical (unpaired) electrons. The van der Waals surface area contributed by atoms with Gasteiger partial charge in [0.05, 0.1) is 0 Å². The van der Waals surface area contributed by atoms with Crippen molar-refractivity contribution in [2.45, 2.75) is 51.6 Å². The lowest BCUT2D eigenvalue weighted by atomic mass is 10.2. The first kappa shape index (κ1) is 14.9. The van der Waals surface area contributed by atoms with Gasteiger partial charge in [0.2, 0.25) is 0 Å². The Morgan fingerprint density at radius 3 is 1.50 bits per heavy atom. The Hall–Kier alpha value is -1.46. The molecule has 2 atom stereocenters. The largest absolute Gasteiger partial charge is 0.338 e. The van der Waals surface area contributed by atoms with E-state index in [4.69, 9.17) is 0 Å². The molecule has 2 rings (SSSR count). The van der Waals surface area contributed by atoms with Crippen LogP contribution in [0, 0.1) is 0 Å². The summed E-state index contributed by atoms with van der Waals surface area (Å²) in [6.07, 6.45) is 4.19. The lowest BCUT2D eigenvalue weighted by Crippen LogP contribution is -2.30. The number of hydrogen-bond donors (Lipinski definition) is 2. The molecule has 2 heterocycles. The smallest absolute Gasteiger partial charge is 0.317 e. The van der Waals surface area contributed by atoms with E-state index < -0.39 is 0 Å². The molecule has 6 heteroatoms. The van der Waals surface area contributed by atoms with Gasteiger partial charge in [-0.15, -0.1) is 0 Å². The van der Waals surface area contributed by atoms with Gasteiger partial charge in [-0.1, -0.05) is 12.8 Å². The second-order valence-corrected chi connectivity index (χ2v) is 5.88. The van der Waals surface area contributed by atoms with E-state index in [1.54, 1.807) is 0 Å². The van der Waals surface area contributed by atoms with Crippen LogP contribution in [0.25, 0.3) is 0 Å². The molecule has 20 heavy (non-hydrogen) atoms. The molecule has 0 bridgehead atoms. The highest BCUT2D eigenvalue weighted by Crippen LogP contribution is 2.16. The lowest BCUT2D eigenvalue weighted by Gasteiger charge is -2.07. The number of nitrogens with zero attached hydrogens (tertiary/aromatic N) is 2. The summed E-state index contributed by atoms with van der Waals surface area (Å²) in [7, 11) is 0. The van der Waals surface area contributed by atoms with Gasteiger partial charge in [-0.3, -0.25) is 0 Å². The fourth-order valence-corrected chi connectivity index (χ4v) is 2.24. The van der Waals surface area contributed by atoms with Crippen LogP contribution in [0.4, 0.5) is 9.59 Å². The summed E-state index contributed by atoms with van der Waals surface area (Å²) in [6.45, 7) is 7.38.